The number of carbonyl (C=O) groups excluding carboxylic acids is 1. The van der Waals surface area contributed by atoms with Gasteiger partial charge in [0, 0.05) is 22.6 Å². The van der Waals surface area contributed by atoms with E-state index in [0.29, 0.717) is 11.6 Å². The maximum Gasteiger partial charge on any atom is 0.182 e. The molecule has 1 aliphatic rings. The fraction of sp³-hybridized carbons (Fsp3) is 0.280. The highest BCUT2D eigenvalue weighted by Crippen LogP contribution is 2.50. The molecule has 262 valence electrons. The Bertz CT molecular complexity index is 2070. The number of hydrogen-bond acceptors (Lipinski definition) is 2. The molecular formula is C50H51NO. The highest BCUT2D eigenvalue weighted by molar-refractivity contribution is 6.41. The summed E-state index contributed by atoms with van der Waals surface area (Å²) in [6.07, 6.45) is 4.76. The van der Waals surface area contributed by atoms with E-state index in [2.05, 4.69) is 153 Å². The molecule has 0 aromatic heterocycles. The summed E-state index contributed by atoms with van der Waals surface area (Å²) in [4.78, 5) is 19.5. The Morgan fingerprint density at radius 1 is 0.596 bits per heavy atom. The van der Waals surface area contributed by atoms with Crippen molar-refractivity contribution in [2.24, 2.45) is 16.3 Å². The van der Waals surface area contributed by atoms with E-state index in [1.807, 2.05) is 27.7 Å². The molecule has 1 aliphatic carbocycles. The Hall–Kier alpha value is -5.08. The molecule has 52 heavy (non-hydrogen) atoms. The van der Waals surface area contributed by atoms with Crippen LogP contribution < -0.4 is 0 Å². The van der Waals surface area contributed by atoms with Crippen LogP contribution in [0.25, 0.3) is 10.8 Å². The van der Waals surface area contributed by atoms with Crippen molar-refractivity contribution in [1.82, 2.24) is 0 Å². The number of fused-ring (bicyclic) bond motifs is 1. The molecule has 0 radical (unpaired) electrons. The molecule has 0 atom stereocenters. The molecule has 0 N–H and O–H groups in total. The van der Waals surface area contributed by atoms with Crippen LogP contribution in [0.4, 0.5) is 5.69 Å². The molecular weight excluding hydrogens is 631 g/mol. The molecule has 2 heteroatoms. The van der Waals surface area contributed by atoms with Gasteiger partial charge < -0.3 is 0 Å². The minimum atomic E-state index is -0.546. The van der Waals surface area contributed by atoms with Gasteiger partial charge in [0.05, 0.1) is 11.4 Å². The zero-order valence-corrected chi connectivity index (χ0v) is 31.3. The van der Waals surface area contributed by atoms with Crippen molar-refractivity contribution in [3.63, 3.8) is 0 Å². The molecule has 1 saturated carbocycles. The number of carbonyl (C=O) groups is 1. The van der Waals surface area contributed by atoms with Crippen LogP contribution in [0, 0.1) is 11.3 Å². The normalized spacial score (nSPS) is 16.8. The second kappa shape index (κ2) is 15.3. The lowest BCUT2D eigenvalue weighted by Crippen LogP contribution is -2.26. The van der Waals surface area contributed by atoms with Gasteiger partial charge in [-0.1, -0.05) is 186 Å². The number of benzene rings is 6. The van der Waals surface area contributed by atoms with E-state index < -0.39 is 5.41 Å². The molecule has 1 fully saturated rings. The van der Waals surface area contributed by atoms with Crippen molar-refractivity contribution in [2.45, 2.75) is 78.1 Å². The van der Waals surface area contributed by atoms with Crippen LogP contribution >= 0.6 is 0 Å². The minimum absolute atomic E-state index is 0.00666. The highest BCUT2D eigenvalue weighted by atomic mass is 16.1. The van der Waals surface area contributed by atoms with Crippen molar-refractivity contribution in [3.8, 4) is 0 Å². The maximum atomic E-state index is 14.0. The van der Waals surface area contributed by atoms with E-state index in [-0.39, 0.29) is 17.6 Å². The summed E-state index contributed by atoms with van der Waals surface area (Å²) in [7, 11) is 0. The van der Waals surface area contributed by atoms with E-state index in [4.69, 9.17) is 4.99 Å². The van der Waals surface area contributed by atoms with Crippen LogP contribution in [-0.4, -0.2) is 11.5 Å². The van der Waals surface area contributed by atoms with Crippen molar-refractivity contribution in [3.05, 3.63) is 185 Å². The zero-order valence-electron chi connectivity index (χ0n) is 31.3. The summed E-state index contributed by atoms with van der Waals surface area (Å²) in [5.41, 5.74) is 9.62. The molecule has 0 heterocycles. The summed E-state index contributed by atoms with van der Waals surface area (Å²) >= 11 is 0. The van der Waals surface area contributed by atoms with E-state index in [1.165, 1.54) is 57.0 Å². The molecule has 7 rings (SSSR count). The molecule has 0 aliphatic heterocycles. The largest absolute Gasteiger partial charge is 0.292 e. The predicted octanol–water partition coefficient (Wildman–Crippen LogP) is 13.2. The molecule has 6 aromatic rings. The van der Waals surface area contributed by atoms with Gasteiger partial charge in [0.25, 0.3) is 0 Å². The Labute approximate surface area is 310 Å². The van der Waals surface area contributed by atoms with E-state index in [0.717, 1.165) is 30.0 Å². The summed E-state index contributed by atoms with van der Waals surface area (Å²) < 4.78 is 0. The number of Topliss-reactive ketones (excluding diaryl/α,β-unsaturated/α-hetero) is 1. The Morgan fingerprint density at radius 3 is 1.48 bits per heavy atom. The molecule has 6 aromatic carbocycles. The molecule has 2 nitrogen and oxygen atoms in total. The third-order valence-corrected chi connectivity index (χ3v) is 11.1. The zero-order chi connectivity index (χ0) is 36.2. The number of rotatable bonds is 9. The number of nitrogens with zero attached hydrogens (tertiary/aromatic N) is 1. The highest BCUT2D eigenvalue weighted by Gasteiger charge is 2.31. The van der Waals surface area contributed by atoms with Crippen molar-refractivity contribution >= 4 is 28.0 Å². The predicted molar refractivity (Wildman–Crippen MR) is 219 cm³/mol. The molecule has 0 spiro atoms. The van der Waals surface area contributed by atoms with Crippen molar-refractivity contribution in [2.75, 3.05) is 0 Å². The van der Waals surface area contributed by atoms with Gasteiger partial charge in [0.2, 0.25) is 0 Å². The fourth-order valence-electron chi connectivity index (χ4n) is 8.47. The standard InChI is InChI=1S/C50H51NO/c1-34-29-31-36(32-30-34)41-27-18-28-42-43(45(37-19-10-6-11-20-37)38-21-12-7-13-22-38)33-44(48(47(41)42)51-35(2)49(52)50(3,4)5)46(39-23-14-8-15-24-39)40-25-16-9-17-26-40/h6-28,33-34,36,45-46H,29-32H2,1-5H3. The second-order valence-corrected chi connectivity index (χ2v) is 15.9. The number of aliphatic imine (C=N–C) groups is 1. The van der Waals surface area contributed by atoms with Gasteiger partial charge in [-0.3, -0.25) is 4.79 Å². The summed E-state index contributed by atoms with van der Waals surface area (Å²) in [5.74, 6) is 1.13. The number of hydrogen-bond donors (Lipinski definition) is 0. The Morgan fingerprint density at radius 2 is 1.04 bits per heavy atom. The van der Waals surface area contributed by atoms with Crippen LogP contribution in [0.3, 0.4) is 0 Å². The SMILES string of the molecule is CC(=Nc1c(C(c2ccccc2)c2ccccc2)cc(C(c2ccccc2)c2ccccc2)c2cccc(C3CCC(C)CC3)c12)C(=O)C(C)(C)C. The first kappa shape index (κ1) is 35.3. The van der Waals surface area contributed by atoms with Crippen LogP contribution in [0.2, 0.25) is 0 Å². The lowest BCUT2D eigenvalue weighted by Gasteiger charge is -2.31. The lowest BCUT2D eigenvalue weighted by molar-refractivity contribution is -0.119. The topological polar surface area (TPSA) is 29.4 Å². The van der Waals surface area contributed by atoms with Gasteiger partial charge in [-0.25, -0.2) is 4.99 Å². The lowest BCUT2D eigenvalue weighted by atomic mass is 9.74. The molecule has 0 bridgehead atoms. The second-order valence-electron chi connectivity index (χ2n) is 15.9. The fourth-order valence-corrected chi connectivity index (χ4v) is 8.47. The number of ketones is 1. The maximum absolute atomic E-state index is 14.0. The first-order valence-electron chi connectivity index (χ1n) is 19.1. The van der Waals surface area contributed by atoms with Crippen molar-refractivity contribution < 1.29 is 4.79 Å². The Kier molecular flexibility index (Phi) is 10.4. The molecule has 0 saturated heterocycles. The quantitative estimate of drug-likeness (QED) is 0.110. The summed E-state index contributed by atoms with van der Waals surface area (Å²) in [6.45, 7) is 10.3. The first-order chi connectivity index (χ1) is 25.2. The van der Waals surface area contributed by atoms with Crippen LogP contribution in [0.5, 0.6) is 0 Å². The summed E-state index contributed by atoms with van der Waals surface area (Å²) in [6, 6.07) is 52.9. The smallest absolute Gasteiger partial charge is 0.182 e. The third-order valence-electron chi connectivity index (χ3n) is 11.1. The minimum Gasteiger partial charge on any atom is -0.292 e. The Balaban J connectivity index is 1.65. The average Bonchev–Trinajstić information content (AvgIpc) is 3.17. The van der Waals surface area contributed by atoms with E-state index in [1.54, 1.807) is 0 Å². The van der Waals surface area contributed by atoms with E-state index in [9.17, 15) is 4.79 Å². The van der Waals surface area contributed by atoms with Crippen LogP contribution in [0.1, 0.15) is 117 Å². The average molecular weight is 682 g/mol. The van der Waals surface area contributed by atoms with Gasteiger partial charge in [-0.2, -0.15) is 0 Å². The van der Waals surface area contributed by atoms with Crippen LogP contribution in [-0.2, 0) is 4.79 Å². The van der Waals surface area contributed by atoms with E-state index >= 15 is 0 Å². The van der Waals surface area contributed by atoms with Crippen molar-refractivity contribution in [1.29, 1.82) is 0 Å². The molecule has 0 unspecified atom stereocenters. The monoisotopic (exact) mass is 681 g/mol. The van der Waals surface area contributed by atoms with Gasteiger partial charge >= 0.3 is 0 Å². The molecule has 0 amide bonds. The van der Waals surface area contributed by atoms with Gasteiger partial charge in [-0.05, 0) is 75.9 Å². The third kappa shape index (κ3) is 7.30. The summed E-state index contributed by atoms with van der Waals surface area (Å²) in [5, 5.41) is 2.41. The first-order valence-corrected chi connectivity index (χ1v) is 19.1. The van der Waals surface area contributed by atoms with Gasteiger partial charge in [0.15, 0.2) is 5.78 Å². The van der Waals surface area contributed by atoms with Gasteiger partial charge in [-0.15, -0.1) is 0 Å². The van der Waals surface area contributed by atoms with Crippen LogP contribution in [0.15, 0.2) is 151 Å². The van der Waals surface area contributed by atoms with Gasteiger partial charge in [0.1, 0.15) is 0 Å².